The zero-order valence-electron chi connectivity index (χ0n) is 8.15. The topological polar surface area (TPSA) is 35.5 Å². The largest absolute Gasteiger partial charge is 0.467 e. The first-order valence-electron chi connectivity index (χ1n) is 3.87. The number of esters is 1. The van der Waals surface area contributed by atoms with Gasteiger partial charge < -0.3 is 9.47 Å². The molecule has 0 aromatic rings. The molecule has 0 aliphatic rings. The van der Waals surface area contributed by atoms with Crippen molar-refractivity contribution < 1.29 is 40.6 Å². The molecule has 0 aliphatic carbocycles. The molecule has 0 radical (unpaired) electrons. The van der Waals surface area contributed by atoms with Crippen LogP contribution in [0.1, 0.15) is 6.92 Å². The van der Waals surface area contributed by atoms with E-state index in [1.807, 2.05) is 0 Å². The van der Waals surface area contributed by atoms with Crippen LogP contribution >= 0.6 is 0 Å². The van der Waals surface area contributed by atoms with Gasteiger partial charge in [-0.1, -0.05) is 0 Å². The highest BCUT2D eigenvalue weighted by atomic mass is 19.4. The summed E-state index contributed by atoms with van der Waals surface area (Å²) in [6.45, 7) is 0.732. The third kappa shape index (κ3) is 4.25. The van der Waals surface area contributed by atoms with Crippen molar-refractivity contribution in [3.05, 3.63) is 0 Å². The summed E-state index contributed by atoms with van der Waals surface area (Å²) in [5.41, 5.74) is 0. The Morgan fingerprint density at radius 3 is 1.69 bits per heavy atom. The van der Waals surface area contributed by atoms with Gasteiger partial charge >= 0.3 is 18.3 Å². The summed E-state index contributed by atoms with van der Waals surface area (Å²) in [7, 11) is 0.818. The van der Waals surface area contributed by atoms with Gasteiger partial charge in [0.25, 0.3) is 0 Å². The minimum absolute atomic E-state index is 0.732. The van der Waals surface area contributed by atoms with Crippen LogP contribution in [0, 0.1) is 0 Å². The minimum atomic E-state index is -5.64. The monoisotopic (exact) mass is 254 g/mol. The number of halogens is 6. The smallest absolute Gasteiger partial charge is 0.423 e. The molecule has 1 atom stereocenters. The van der Waals surface area contributed by atoms with Gasteiger partial charge in [0.2, 0.25) is 6.10 Å². The Morgan fingerprint density at radius 2 is 1.44 bits per heavy atom. The predicted octanol–water partition coefficient (Wildman–Crippen LogP) is 2.06. The maximum atomic E-state index is 11.9. The Bertz CT molecular complexity index is 231. The maximum absolute atomic E-state index is 11.9. The first kappa shape index (κ1) is 15.0. The Balaban J connectivity index is 4.77. The fourth-order valence-electron chi connectivity index (χ4n) is 0.766. The summed E-state index contributed by atoms with van der Waals surface area (Å²) in [6, 6.07) is 0. The van der Waals surface area contributed by atoms with Gasteiger partial charge in [-0.05, 0) is 6.92 Å². The van der Waals surface area contributed by atoms with Gasteiger partial charge in [-0.25, -0.2) is 4.79 Å². The quantitative estimate of drug-likeness (QED) is 0.571. The average molecular weight is 254 g/mol. The number of hydrogen-bond donors (Lipinski definition) is 0. The molecule has 0 heterocycles. The Morgan fingerprint density at radius 1 is 1.06 bits per heavy atom. The molecule has 16 heavy (non-hydrogen) atoms. The Labute approximate surface area is 86.3 Å². The molecule has 0 fully saturated rings. The van der Waals surface area contributed by atoms with Crippen LogP contribution in [0.2, 0.25) is 0 Å². The summed E-state index contributed by atoms with van der Waals surface area (Å²) >= 11 is 0. The number of methoxy groups -OCH3 is 1. The van der Waals surface area contributed by atoms with E-state index in [1.54, 1.807) is 0 Å². The van der Waals surface area contributed by atoms with E-state index in [-0.39, 0.29) is 0 Å². The SMILES string of the molecule is COC(=O)[C@@H](C)OC(C(F)(F)F)C(F)(F)F. The van der Waals surface area contributed by atoms with Gasteiger partial charge in [0, 0.05) is 0 Å². The number of hydrogen-bond acceptors (Lipinski definition) is 3. The number of carbonyl (C=O) groups excluding carboxylic acids is 1. The van der Waals surface area contributed by atoms with Crippen LogP contribution in [0.4, 0.5) is 26.3 Å². The van der Waals surface area contributed by atoms with Crippen LogP contribution in [-0.2, 0) is 14.3 Å². The normalized spacial score (nSPS) is 15.1. The van der Waals surface area contributed by atoms with Crippen molar-refractivity contribution in [2.75, 3.05) is 7.11 Å². The highest BCUT2D eigenvalue weighted by Crippen LogP contribution is 2.36. The van der Waals surface area contributed by atoms with Crippen LogP contribution < -0.4 is 0 Å². The molecule has 0 aromatic carbocycles. The van der Waals surface area contributed by atoms with Crippen molar-refractivity contribution in [2.45, 2.75) is 31.5 Å². The molecular formula is C7H8F6O3. The van der Waals surface area contributed by atoms with Crippen LogP contribution in [-0.4, -0.2) is 37.6 Å². The number of rotatable bonds is 3. The molecule has 0 unspecified atom stereocenters. The van der Waals surface area contributed by atoms with Crippen LogP contribution in [0.25, 0.3) is 0 Å². The first-order valence-corrected chi connectivity index (χ1v) is 3.87. The van der Waals surface area contributed by atoms with E-state index in [9.17, 15) is 31.1 Å². The average Bonchev–Trinajstić information content (AvgIpc) is 2.08. The standard InChI is InChI=1S/C7H8F6O3/c1-3(4(14)15-2)16-5(6(8,9)10)7(11,12)13/h3,5H,1-2H3/t3-/m1/s1. The lowest BCUT2D eigenvalue weighted by atomic mass is 10.3. The second-order valence-corrected chi connectivity index (χ2v) is 2.76. The molecule has 96 valence electrons. The van der Waals surface area contributed by atoms with Crippen LogP contribution in [0.5, 0.6) is 0 Å². The minimum Gasteiger partial charge on any atom is -0.467 e. The van der Waals surface area contributed by atoms with Crippen molar-refractivity contribution >= 4 is 5.97 Å². The fourth-order valence-corrected chi connectivity index (χ4v) is 0.766. The first-order chi connectivity index (χ1) is 7.00. The maximum Gasteiger partial charge on any atom is 0.423 e. The highest BCUT2D eigenvalue weighted by molar-refractivity contribution is 5.73. The zero-order chi connectivity index (χ0) is 13.1. The van der Waals surface area contributed by atoms with Crippen molar-refractivity contribution in [3.8, 4) is 0 Å². The lowest BCUT2D eigenvalue weighted by Crippen LogP contribution is -2.47. The van der Waals surface area contributed by atoms with E-state index in [4.69, 9.17) is 0 Å². The Kier molecular flexibility index (Phi) is 4.59. The van der Waals surface area contributed by atoms with Gasteiger partial charge in [0.15, 0.2) is 6.10 Å². The summed E-state index contributed by atoms with van der Waals surface area (Å²) in [4.78, 5) is 10.6. The molecule has 0 spiro atoms. The highest BCUT2D eigenvalue weighted by Gasteiger charge is 2.59. The molecule has 0 saturated carbocycles. The van der Waals surface area contributed by atoms with E-state index in [1.165, 1.54) is 0 Å². The van der Waals surface area contributed by atoms with E-state index >= 15 is 0 Å². The molecule has 0 aromatic heterocycles. The Hall–Kier alpha value is -0.990. The molecule has 0 saturated heterocycles. The molecular weight excluding hydrogens is 246 g/mol. The summed E-state index contributed by atoms with van der Waals surface area (Å²) < 4.78 is 79.2. The van der Waals surface area contributed by atoms with Gasteiger partial charge in [-0.3, -0.25) is 0 Å². The lowest BCUT2D eigenvalue weighted by molar-refractivity contribution is -0.328. The zero-order valence-corrected chi connectivity index (χ0v) is 8.15. The number of ether oxygens (including phenoxy) is 2. The number of carbonyl (C=O) groups is 1. The predicted molar refractivity (Wildman–Crippen MR) is 38.5 cm³/mol. The molecule has 0 rings (SSSR count). The second kappa shape index (κ2) is 4.89. The summed E-state index contributed by atoms with van der Waals surface area (Å²) in [5.74, 6) is -1.32. The molecule has 0 N–H and O–H groups in total. The molecule has 3 nitrogen and oxygen atoms in total. The second-order valence-electron chi connectivity index (χ2n) is 2.76. The lowest BCUT2D eigenvalue weighted by Gasteiger charge is -2.25. The van der Waals surface area contributed by atoms with Gasteiger partial charge in [0.1, 0.15) is 0 Å². The van der Waals surface area contributed by atoms with E-state index in [0.717, 1.165) is 14.0 Å². The summed E-state index contributed by atoms with van der Waals surface area (Å²) in [6.07, 6.45) is -17.2. The van der Waals surface area contributed by atoms with Gasteiger partial charge in [-0.2, -0.15) is 26.3 Å². The van der Waals surface area contributed by atoms with Crippen molar-refractivity contribution in [1.82, 2.24) is 0 Å². The molecule has 9 heteroatoms. The molecule has 0 bridgehead atoms. The van der Waals surface area contributed by atoms with Gasteiger partial charge in [-0.15, -0.1) is 0 Å². The van der Waals surface area contributed by atoms with E-state index in [0.29, 0.717) is 0 Å². The van der Waals surface area contributed by atoms with Crippen LogP contribution in [0.15, 0.2) is 0 Å². The van der Waals surface area contributed by atoms with Gasteiger partial charge in [0.05, 0.1) is 7.11 Å². The van der Waals surface area contributed by atoms with Crippen molar-refractivity contribution in [1.29, 1.82) is 0 Å². The molecule has 0 aliphatic heterocycles. The summed E-state index contributed by atoms with van der Waals surface area (Å²) in [5, 5.41) is 0. The van der Waals surface area contributed by atoms with Crippen LogP contribution in [0.3, 0.4) is 0 Å². The van der Waals surface area contributed by atoms with E-state index < -0.39 is 30.5 Å². The third-order valence-electron chi connectivity index (χ3n) is 1.47. The van der Waals surface area contributed by atoms with E-state index in [2.05, 4.69) is 9.47 Å². The van der Waals surface area contributed by atoms with Crippen molar-refractivity contribution in [2.24, 2.45) is 0 Å². The van der Waals surface area contributed by atoms with Crippen molar-refractivity contribution in [3.63, 3.8) is 0 Å². The fraction of sp³-hybridized carbons (Fsp3) is 0.857. The molecule has 0 amide bonds. The number of alkyl halides is 6. The third-order valence-corrected chi connectivity index (χ3v) is 1.47.